The average Bonchev–Trinajstić information content (AvgIpc) is 1.98. The Morgan fingerprint density at radius 1 is 1.69 bits per heavy atom. The van der Waals surface area contributed by atoms with Gasteiger partial charge in [0.25, 0.3) is 5.56 Å². The Balaban J connectivity index is 3.21. The third kappa shape index (κ3) is 2.77. The zero-order valence-corrected chi connectivity index (χ0v) is 9.73. The fourth-order valence-electron chi connectivity index (χ4n) is 0.867. The molecule has 0 aliphatic carbocycles. The molecular formula is C8H6Br2FNO. The Morgan fingerprint density at radius 3 is 2.85 bits per heavy atom. The van der Waals surface area contributed by atoms with Gasteiger partial charge in [0.1, 0.15) is 0 Å². The molecule has 70 valence electrons. The van der Waals surface area contributed by atoms with Crippen LogP contribution in [0.15, 0.2) is 32.6 Å². The maximum absolute atomic E-state index is 12.9. The molecule has 0 aliphatic rings. The SMILES string of the molecule is C=C(Br)Cn1cc(Br)cc(F)c1=O. The van der Waals surface area contributed by atoms with E-state index in [2.05, 4.69) is 38.4 Å². The summed E-state index contributed by atoms with van der Waals surface area (Å²) in [5, 5.41) is 0. The van der Waals surface area contributed by atoms with Crippen LogP contribution in [0.2, 0.25) is 0 Å². The van der Waals surface area contributed by atoms with E-state index in [0.29, 0.717) is 8.96 Å². The Kier molecular flexibility index (Phi) is 3.44. The van der Waals surface area contributed by atoms with Crippen molar-refractivity contribution in [2.24, 2.45) is 0 Å². The molecule has 2 nitrogen and oxygen atoms in total. The molecule has 5 heteroatoms. The number of allylic oxidation sites excluding steroid dienone is 1. The van der Waals surface area contributed by atoms with E-state index in [1.165, 1.54) is 10.8 Å². The molecule has 1 heterocycles. The van der Waals surface area contributed by atoms with Crippen LogP contribution in [-0.4, -0.2) is 4.57 Å². The average molecular weight is 311 g/mol. The lowest BCUT2D eigenvalue weighted by molar-refractivity contribution is 0.580. The van der Waals surface area contributed by atoms with Crippen molar-refractivity contribution in [3.63, 3.8) is 0 Å². The number of nitrogens with zero attached hydrogens (tertiary/aromatic N) is 1. The van der Waals surface area contributed by atoms with Gasteiger partial charge in [-0.05, 0) is 22.0 Å². The third-order valence-corrected chi connectivity index (χ3v) is 2.04. The molecule has 0 fully saturated rings. The van der Waals surface area contributed by atoms with Crippen molar-refractivity contribution >= 4 is 31.9 Å². The Labute approximate surface area is 91.3 Å². The Morgan fingerprint density at radius 2 is 2.31 bits per heavy atom. The van der Waals surface area contributed by atoms with Crippen LogP contribution in [-0.2, 0) is 6.54 Å². The Bertz CT molecular complexity index is 400. The zero-order chi connectivity index (χ0) is 10.0. The summed E-state index contributed by atoms with van der Waals surface area (Å²) in [4.78, 5) is 11.2. The summed E-state index contributed by atoms with van der Waals surface area (Å²) in [7, 11) is 0. The number of pyridine rings is 1. The second-order valence-corrected chi connectivity index (χ2v) is 4.49. The number of aromatic nitrogens is 1. The molecule has 0 bridgehead atoms. The van der Waals surface area contributed by atoms with Crippen molar-refractivity contribution in [2.45, 2.75) is 6.54 Å². The highest BCUT2D eigenvalue weighted by Crippen LogP contribution is 2.10. The highest BCUT2D eigenvalue weighted by atomic mass is 79.9. The number of rotatable bonds is 2. The lowest BCUT2D eigenvalue weighted by Crippen LogP contribution is -2.22. The van der Waals surface area contributed by atoms with Gasteiger partial charge in [0, 0.05) is 15.2 Å². The summed E-state index contributed by atoms with van der Waals surface area (Å²) in [6.45, 7) is 3.83. The van der Waals surface area contributed by atoms with Crippen LogP contribution in [0.25, 0.3) is 0 Å². The standard InChI is InChI=1S/C8H6Br2FNO/c1-5(9)3-12-4-6(10)2-7(11)8(12)13/h2,4H,1,3H2. The van der Waals surface area contributed by atoms with E-state index in [1.54, 1.807) is 0 Å². The summed E-state index contributed by atoms with van der Waals surface area (Å²) >= 11 is 6.19. The minimum absolute atomic E-state index is 0.259. The second kappa shape index (κ2) is 4.19. The predicted molar refractivity (Wildman–Crippen MR) is 56.4 cm³/mol. The van der Waals surface area contributed by atoms with Crippen molar-refractivity contribution in [3.8, 4) is 0 Å². The van der Waals surface area contributed by atoms with Crippen LogP contribution < -0.4 is 5.56 Å². The molecule has 0 aromatic carbocycles. The van der Waals surface area contributed by atoms with E-state index in [9.17, 15) is 9.18 Å². The van der Waals surface area contributed by atoms with Gasteiger partial charge in [-0.25, -0.2) is 4.39 Å². The van der Waals surface area contributed by atoms with E-state index in [0.717, 1.165) is 6.07 Å². The van der Waals surface area contributed by atoms with E-state index in [-0.39, 0.29) is 6.54 Å². The van der Waals surface area contributed by atoms with Crippen LogP contribution in [0.3, 0.4) is 0 Å². The zero-order valence-electron chi connectivity index (χ0n) is 6.56. The highest BCUT2D eigenvalue weighted by Gasteiger charge is 2.04. The van der Waals surface area contributed by atoms with Crippen molar-refractivity contribution in [1.29, 1.82) is 0 Å². The monoisotopic (exact) mass is 309 g/mol. The lowest BCUT2D eigenvalue weighted by Gasteiger charge is -2.04. The largest absolute Gasteiger partial charge is 0.307 e. The summed E-state index contributed by atoms with van der Waals surface area (Å²) in [6.07, 6.45) is 1.51. The second-order valence-electron chi connectivity index (χ2n) is 2.46. The molecule has 0 saturated heterocycles. The van der Waals surface area contributed by atoms with Gasteiger partial charge in [0.2, 0.25) is 0 Å². The van der Waals surface area contributed by atoms with Crippen LogP contribution >= 0.6 is 31.9 Å². The first-order chi connectivity index (χ1) is 6.00. The molecule has 0 N–H and O–H groups in total. The normalized spacial score (nSPS) is 10.1. The molecule has 0 amide bonds. The molecule has 13 heavy (non-hydrogen) atoms. The van der Waals surface area contributed by atoms with Gasteiger partial charge in [0.05, 0.1) is 6.54 Å². The van der Waals surface area contributed by atoms with Gasteiger partial charge in [-0.3, -0.25) is 4.79 Å². The fraction of sp³-hybridized carbons (Fsp3) is 0.125. The molecule has 0 atom stereocenters. The summed E-state index contributed by atoms with van der Waals surface area (Å²) in [6, 6.07) is 1.13. The highest BCUT2D eigenvalue weighted by molar-refractivity contribution is 9.11. The molecule has 1 rings (SSSR count). The quantitative estimate of drug-likeness (QED) is 0.823. The van der Waals surface area contributed by atoms with Crippen LogP contribution in [0.4, 0.5) is 4.39 Å². The number of hydrogen-bond acceptors (Lipinski definition) is 1. The Hall–Kier alpha value is -0.420. The van der Waals surface area contributed by atoms with Crippen LogP contribution in [0.5, 0.6) is 0 Å². The fourth-order valence-corrected chi connectivity index (χ4v) is 1.59. The topological polar surface area (TPSA) is 22.0 Å². The smallest absolute Gasteiger partial charge is 0.286 e. The summed E-state index contributed by atoms with van der Waals surface area (Å²) in [5.74, 6) is -0.775. The molecule has 0 spiro atoms. The predicted octanol–water partition coefficient (Wildman–Crippen LogP) is 2.66. The minimum Gasteiger partial charge on any atom is -0.307 e. The minimum atomic E-state index is -0.775. The van der Waals surface area contributed by atoms with Gasteiger partial charge < -0.3 is 4.57 Å². The van der Waals surface area contributed by atoms with Gasteiger partial charge >= 0.3 is 0 Å². The molecule has 1 aromatic heterocycles. The van der Waals surface area contributed by atoms with Gasteiger partial charge in [0.15, 0.2) is 5.82 Å². The molecule has 0 unspecified atom stereocenters. The number of halogens is 3. The third-order valence-electron chi connectivity index (χ3n) is 1.35. The number of hydrogen-bond donors (Lipinski definition) is 0. The molecule has 0 saturated carbocycles. The molecule has 1 aromatic rings. The molecular weight excluding hydrogens is 305 g/mol. The van der Waals surface area contributed by atoms with Crippen molar-refractivity contribution in [3.05, 3.63) is 44.0 Å². The molecule has 0 aliphatic heterocycles. The first-order valence-corrected chi connectivity index (χ1v) is 4.98. The van der Waals surface area contributed by atoms with Gasteiger partial charge in [-0.15, -0.1) is 0 Å². The van der Waals surface area contributed by atoms with E-state index in [4.69, 9.17) is 0 Å². The first-order valence-electron chi connectivity index (χ1n) is 3.39. The van der Waals surface area contributed by atoms with Crippen LogP contribution in [0.1, 0.15) is 0 Å². The summed E-state index contributed by atoms with van der Waals surface area (Å²) < 4.78 is 15.3. The van der Waals surface area contributed by atoms with Gasteiger partial charge in [-0.1, -0.05) is 22.5 Å². The lowest BCUT2D eigenvalue weighted by atomic mass is 10.4. The maximum atomic E-state index is 12.9. The maximum Gasteiger partial charge on any atom is 0.286 e. The van der Waals surface area contributed by atoms with Crippen molar-refractivity contribution in [1.82, 2.24) is 4.57 Å². The van der Waals surface area contributed by atoms with E-state index < -0.39 is 11.4 Å². The molecule has 0 radical (unpaired) electrons. The van der Waals surface area contributed by atoms with E-state index in [1.807, 2.05) is 0 Å². The van der Waals surface area contributed by atoms with Crippen molar-refractivity contribution < 1.29 is 4.39 Å². The van der Waals surface area contributed by atoms with E-state index >= 15 is 0 Å². The summed E-state index contributed by atoms with van der Waals surface area (Å²) in [5.41, 5.74) is -0.649. The van der Waals surface area contributed by atoms with Crippen LogP contribution in [0, 0.1) is 5.82 Å². The first kappa shape index (κ1) is 10.7. The van der Waals surface area contributed by atoms with Gasteiger partial charge in [-0.2, -0.15) is 0 Å². The van der Waals surface area contributed by atoms with Crippen molar-refractivity contribution in [2.75, 3.05) is 0 Å².